The zero-order valence-electron chi connectivity index (χ0n) is 18.8. The smallest absolute Gasteiger partial charge is 0.244 e. The van der Waals surface area contributed by atoms with Crippen molar-refractivity contribution in [3.05, 3.63) is 65.5 Å². The van der Waals surface area contributed by atoms with Crippen molar-refractivity contribution in [1.29, 1.82) is 0 Å². The number of carbonyl (C=O) groups excluding carboxylic acids is 2. The van der Waals surface area contributed by atoms with Crippen LogP contribution >= 0.6 is 0 Å². The average molecular weight is 464 g/mol. The number of nitrogens with one attached hydrogen (secondary N) is 1. The van der Waals surface area contributed by atoms with Gasteiger partial charge in [0.05, 0.1) is 11.9 Å². The number of anilines is 1. The summed E-state index contributed by atoms with van der Waals surface area (Å²) in [6, 6.07) is 11.7. The second-order valence-electron chi connectivity index (χ2n) is 7.73. The van der Waals surface area contributed by atoms with Crippen molar-refractivity contribution in [3.63, 3.8) is 0 Å². The standard InChI is InChI=1S/C23H30FN3O4S/c1-5-12-25-23(29)18(3)26(15-19-9-6-8-17(2)13-19)22(28)16-27(32(4,30)31)21-11-7-10-20(24)14-21/h6-11,13-14,18H,5,12,15-16H2,1-4H3,(H,25,29)/t18-/m1/s1. The fraction of sp³-hybridized carbons (Fsp3) is 0.391. The summed E-state index contributed by atoms with van der Waals surface area (Å²) in [4.78, 5) is 27.3. The quantitative estimate of drug-likeness (QED) is 0.587. The largest absolute Gasteiger partial charge is 0.354 e. The van der Waals surface area contributed by atoms with E-state index in [0.29, 0.717) is 6.54 Å². The molecule has 0 saturated carbocycles. The van der Waals surface area contributed by atoms with E-state index in [9.17, 15) is 22.4 Å². The van der Waals surface area contributed by atoms with Crippen molar-refractivity contribution in [2.75, 3.05) is 23.7 Å². The first kappa shape index (κ1) is 25.3. The molecule has 2 rings (SSSR count). The lowest BCUT2D eigenvalue weighted by molar-refractivity contribution is -0.139. The first-order chi connectivity index (χ1) is 15.0. The van der Waals surface area contributed by atoms with Gasteiger partial charge < -0.3 is 10.2 Å². The Morgan fingerprint density at radius 2 is 1.81 bits per heavy atom. The average Bonchev–Trinajstić information content (AvgIpc) is 2.72. The monoisotopic (exact) mass is 463 g/mol. The molecule has 0 heterocycles. The highest BCUT2D eigenvalue weighted by Gasteiger charge is 2.30. The van der Waals surface area contributed by atoms with Crippen LogP contribution in [0.1, 0.15) is 31.4 Å². The van der Waals surface area contributed by atoms with Crippen LogP contribution in [0.15, 0.2) is 48.5 Å². The van der Waals surface area contributed by atoms with Crippen molar-refractivity contribution >= 4 is 27.5 Å². The molecular weight excluding hydrogens is 433 g/mol. The van der Waals surface area contributed by atoms with Crippen LogP contribution in [0, 0.1) is 12.7 Å². The number of amides is 2. The summed E-state index contributed by atoms with van der Waals surface area (Å²) in [5, 5.41) is 2.77. The number of aryl methyl sites for hydroxylation is 1. The van der Waals surface area contributed by atoms with Crippen molar-refractivity contribution < 1.29 is 22.4 Å². The van der Waals surface area contributed by atoms with Crippen molar-refractivity contribution in [1.82, 2.24) is 10.2 Å². The Labute approximate surface area is 189 Å². The second-order valence-corrected chi connectivity index (χ2v) is 9.63. The van der Waals surface area contributed by atoms with Gasteiger partial charge in [0.15, 0.2) is 0 Å². The molecule has 1 N–H and O–H groups in total. The summed E-state index contributed by atoms with van der Waals surface area (Å²) in [7, 11) is -3.88. The van der Waals surface area contributed by atoms with E-state index in [0.717, 1.165) is 34.2 Å². The lowest BCUT2D eigenvalue weighted by atomic mass is 10.1. The van der Waals surface area contributed by atoms with Gasteiger partial charge in [-0.1, -0.05) is 42.8 Å². The summed E-state index contributed by atoms with van der Waals surface area (Å²) in [6.07, 6.45) is 1.69. The molecule has 0 bridgehead atoms. The number of nitrogens with zero attached hydrogens (tertiary/aromatic N) is 2. The van der Waals surface area contributed by atoms with Crippen molar-refractivity contribution in [2.24, 2.45) is 0 Å². The fourth-order valence-electron chi connectivity index (χ4n) is 3.23. The van der Waals surface area contributed by atoms with Crippen LogP contribution in [0.25, 0.3) is 0 Å². The molecule has 32 heavy (non-hydrogen) atoms. The van der Waals surface area contributed by atoms with E-state index in [1.54, 1.807) is 6.92 Å². The van der Waals surface area contributed by atoms with Crippen LogP contribution in [0.5, 0.6) is 0 Å². The fourth-order valence-corrected chi connectivity index (χ4v) is 4.07. The Morgan fingerprint density at radius 3 is 2.41 bits per heavy atom. The van der Waals surface area contributed by atoms with Gasteiger partial charge in [-0.15, -0.1) is 0 Å². The molecule has 2 amide bonds. The second kappa shape index (κ2) is 11.1. The van der Waals surface area contributed by atoms with E-state index in [1.165, 1.54) is 23.1 Å². The summed E-state index contributed by atoms with van der Waals surface area (Å²) in [5.74, 6) is -1.52. The Balaban J connectivity index is 2.37. The summed E-state index contributed by atoms with van der Waals surface area (Å²) in [6.45, 7) is 5.48. The van der Waals surface area contributed by atoms with Crippen LogP contribution in [0.3, 0.4) is 0 Å². The molecule has 0 radical (unpaired) electrons. The highest BCUT2D eigenvalue weighted by Crippen LogP contribution is 2.20. The summed E-state index contributed by atoms with van der Waals surface area (Å²) >= 11 is 0. The zero-order valence-corrected chi connectivity index (χ0v) is 19.7. The van der Waals surface area contributed by atoms with Gasteiger partial charge in [0, 0.05) is 13.1 Å². The maximum atomic E-state index is 13.7. The van der Waals surface area contributed by atoms with E-state index in [4.69, 9.17) is 0 Å². The van der Waals surface area contributed by atoms with Crippen LogP contribution in [0.2, 0.25) is 0 Å². The predicted molar refractivity (Wildman–Crippen MR) is 123 cm³/mol. The van der Waals surface area contributed by atoms with E-state index < -0.39 is 34.3 Å². The minimum atomic E-state index is -3.88. The highest BCUT2D eigenvalue weighted by atomic mass is 32.2. The highest BCUT2D eigenvalue weighted by molar-refractivity contribution is 7.92. The number of sulfonamides is 1. The maximum Gasteiger partial charge on any atom is 0.244 e. The van der Waals surface area contributed by atoms with Gasteiger partial charge in [-0.25, -0.2) is 12.8 Å². The SMILES string of the molecule is CCCNC(=O)[C@@H](C)N(Cc1cccc(C)c1)C(=O)CN(c1cccc(F)c1)S(C)(=O)=O. The van der Waals surface area contributed by atoms with E-state index in [2.05, 4.69) is 5.32 Å². The molecule has 2 aromatic carbocycles. The number of carbonyl (C=O) groups is 2. The molecule has 174 valence electrons. The van der Waals surface area contributed by atoms with Gasteiger partial charge in [0.2, 0.25) is 21.8 Å². The number of hydrogen-bond donors (Lipinski definition) is 1. The van der Waals surface area contributed by atoms with Gasteiger partial charge >= 0.3 is 0 Å². The third-order valence-electron chi connectivity index (χ3n) is 4.93. The minimum absolute atomic E-state index is 0.0412. The first-order valence-electron chi connectivity index (χ1n) is 10.4. The van der Waals surface area contributed by atoms with Crippen LogP contribution in [0.4, 0.5) is 10.1 Å². The van der Waals surface area contributed by atoms with Gasteiger partial charge in [0.25, 0.3) is 0 Å². The number of benzene rings is 2. The van der Waals surface area contributed by atoms with E-state index >= 15 is 0 Å². The third kappa shape index (κ3) is 7.05. The molecule has 2 aromatic rings. The molecule has 9 heteroatoms. The molecule has 0 spiro atoms. The molecule has 0 aromatic heterocycles. The Morgan fingerprint density at radius 1 is 1.12 bits per heavy atom. The van der Waals surface area contributed by atoms with Crippen LogP contribution < -0.4 is 9.62 Å². The van der Waals surface area contributed by atoms with Crippen LogP contribution in [-0.4, -0.2) is 50.5 Å². The summed E-state index contributed by atoms with van der Waals surface area (Å²) < 4.78 is 39.4. The molecule has 0 aliphatic rings. The molecule has 7 nitrogen and oxygen atoms in total. The predicted octanol–water partition coefficient (Wildman–Crippen LogP) is 2.84. The van der Waals surface area contributed by atoms with Crippen molar-refractivity contribution in [2.45, 2.75) is 39.8 Å². The molecular formula is C23H30FN3O4S. The molecule has 0 aliphatic heterocycles. The van der Waals surface area contributed by atoms with E-state index in [-0.39, 0.29) is 18.1 Å². The van der Waals surface area contributed by atoms with Gasteiger partial charge in [-0.2, -0.15) is 0 Å². The maximum absolute atomic E-state index is 13.7. The Hall–Kier alpha value is -2.94. The minimum Gasteiger partial charge on any atom is -0.354 e. The Kier molecular flexibility index (Phi) is 8.77. The number of hydrogen-bond acceptors (Lipinski definition) is 4. The topological polar surface area (TPSA) is 86.8 Å². The lowest BCUT2D eigenvalue weighted by Crippen LogP contribution is -2.51. The summed E-state index contributed by atoms with van der Waals surface area (Å²) in [5.41, 5.74) is 1.85. The molecule has 1 atom stereocenters. The van der Waals surface area contributed by atoms with Gasteiger partial charge in [0.1, 0.15) is 18.4 Å². The van der Waals surface area contributed by atoms with Gasteiger partial charge in [-0.05, 0) is 44.0 Å². The van der Waals surface area contributed by atoms with E-state index in [1.807, 2.05) is 38.1 Å². The number of rotatable bonds is 10. The molecule has 0 saturated heterocycles. The lowest BCUT2D eigenvalue weighted by Gasteiger charge is -2.31. The Bertz CT molecular complexity index is 1060. The molecule has 0 aliphatic carbocycles. The van der Waals surface area contributed by atoms with Crippen molar-refractivity contribution in [3.8, 4) is 0 Å². The third-order valence-corrected chi connectivity index (χ3v) is 6.07. The molecule has 0 unspecified atom stereocenters. The normalized spacial score (nSPS) is 12.2. The zero-order chi connectivity index (χ0) is 23.9. The van der Waals surface area contributed by atoms with Gasteiger partial charge in [-0.3, -0.25) is 13.9 Å². The number of halogens is 1. The van der Waals surface area contributed by atoms with Crippen LogP contribution in [-0.2, 0) is 26.2 Å². The first-order valence-corrected chi connectivity index (χ1v) is 12.2. The molecule has 0 fully saturated rings.